The summed E-state index contributed by atoms with van der Waals surface area (Å²) in [4.78, 5) is 11.9. The molecule has 1 aromatic carbocycles. The predicted octanol–water partition coefficient (Wildman–Crippen LogP) is 3.18. The van der Waals surface area contributed by atoms with E-state index in [2.05, 4.69) is 10.5 Å². The van der Waals surface area contributed by atoms with Gasteiger partial charge in [-0.15, -0.1) is 0 Å². The topological polar surface area (TPSA) is 55.1 Å². The highest BCUT2D eigenvalue weighted by atomic mass is 35.5. The molecule has 0 atom stereocenters. The van der Waals surface area contributed by atoms with Crippen LogP contribution in [0.15, 0.2) is 34.9 Å². The second-order valence-corrected chi connectivity index (χ2v) is 5.46. The number of hydrogen-bond acceptors (Lipinski definition) is 3. The van der Waals surface area contributed by atoms with Crippen LogP contribution in [0, 0.1) is 0 Å². The summed E-state index contributed by atoms with van der Waals surface area (Å²) in [7, 11) is 0. The number of rotatable bonds is 5. The van der Waals surface area contributed by atoms with E-state index in [1.165, 1.54) is 0 Å². The average Bonchev–Trinajstić information content (AvgIpc) is 3.16. The van der Waals surface area contributed by atoms with Crippen LogP contribution in [0.2, 0.25) is 5.02 Å². The van der Waals surface area contributed by atoms with Gasteiger partial charge in [0.2, 0.25) is 0 Å². The van der Waals surface area contributed by atoms with E-state index in [1.54, 1.807) is 6.07 Å². The molecule has 1 aromatic heterocycles. The lowest BCUT2D eigenvalue weighted by atomic mass is 10.1. The number of amides is 1. The fourth-order valence-corrected chi connectivity index (χ4v) is 2.27. The molecule has 1 amide bonds. The molecule has 1 aliphatic rings. The monoisotopic (exact) mass is 290 g/mol. The number of benzene rings is 1. The van der Waals surface area contributed by atoms with E-state index < -0.39 is 0 Å². The highest BCUT2D eigenvalue weighted by molar-refractivity contribution is 6.30. The van der Waals surface area contributed by atoms with Gasteiger partial charge in [-0.05, 0) is 37.0 Å². The molecular weight excluding hydrogens is 276 g/mol. The van der Waals surface area contributed by atoms with Gasteiger partial charge in [0, 0.05) is 23.6 Å². The summed E-state index contributed by atoms with van der Waals surface area (Å²) in [5, 5.41) is 7.35. The zero-order chi connectivity index (χ0) is 13.9. The molecule has 0 saturated heterocycles. The molecule has 1 heterocycles. The highest BCUT2D eigenvalue weighted by Crippen LogP contribution is 2.40. The maximum Gasteiger partial charge on any atom is 0.273 e. The molecule has 3 rings (SSSR count). The molecule has 1 fully saturated rings. The van der Waals surface area contributed by atoms with Gasteiger partial charge in [0.25, 0.3) is 5.91 Å². The van der Waals surface area contributed by atoms with Gasteiger partial charge in [0.1, 0.15) is 5.76 Å². The SMILES string of the molecule is O=C(NCCc1cccc(Cl)c1)c1cc(C2CC2)on1. The number of nitrogens with one attached hydrogen (secondary N) is 1. The number of aromatic nitrogens is 1. The Kier molecular flexibility index (Phi) is 3.74. The van der Waals surface area contributed by atoms with Crippen molar-refractivity contribution in [2.45, 2.75) is 25.2 Å². The van der Waals surface area contributed by atoms with Gasteiger partial charge < -0.3 is 9.84 Å². The summed E-state index contributed by atoms with van der Waals surface area (Å²) >= 11 is 5.91. The zero-order valence-electron chi connectivity index (χ0n) is 10.9. The van der Waals surface area contributed by atoms with E-state index in [4.69, 9.17) is 16.1 Å². The van der Waals surface area contributed by atoms with Crippen LogP contribution >= 0.6 is 11.6 Å². The molecule has 0 radical (unpaired) electrons. The van der Waals surface area contributed by atoms with Crippen molar-refractivity contribution in [3.8, 4) is 0 Å². The maximum absolute atomic E-state index is 11.9. The third-order valence-corrected chi connectivity index (χ3v) is 3.56. The maximum atomic E-state index is 11.9. The van der Waals surface area contributed by atoms with E-state index in [9.17, 15) is 4.79 Å². The minimum atomic E-state index is -0.192. The van der Waals surface area contributed by atoms with Crippen LogP contribution in [0.1, 0.15) is 40.6 Å². The lowest BCUT2D eigenvalue weighted by Crippen LogP contribution is -2.25. The quantitative estimate of drug-likeness (QED) is 0.920. The van der Waals surface area contributed by atoms with Crippen molar-refractivity contribution < 1.29 is 9.32 Å². The number of nitrogens with zero attached hydrogens (tertiary/aromatic N) is 1. The molecule has 20 heavy (non-hydrogen) atoms. The summed E-state index contributed by atoms with van der Waals surface area (Å²) in [6.07, 6.45) is 3.00. The molecule has 0 spiro atoms. The Hall–Kier alpha value is -1.81. The summed E-state index contributed by atoms with van der Waals surface area (Å²) in [5.41, 5.74) is 1.45. The van der Waals surface area contributed by atoms with Crippen LogP contribution in [0.3, 0.4) is 0 Å². The fraction of sp³-hybridized carbons (Fsp3) is 0.333. The number of carbonyl (C=O) groups excluding carboxylic acids is 1. The van der Waals surface area contributed by atoms with Crippen LogP contribution < -0.4 is 5.32 Å². The van der Waals surface area contributed by atoms with E-state index >= 15 is 0 Å². The zero-order valence-corrected chi connectivity index (χ0v) is 11.7. The van der Waals surface area contributed by atoms with Crippen molar-refractivity contribution in [1.82, 2.24) is 10.5 Å². The van der Waals surface area contributed by atoms with Crippen molar-refractivity contribution in [3.05, 3.63) is 52.4 Å². The van der Waals surface area contributed by atoms with Crippen molar-refractivity contribution in [2.24, 2.45) is 0 Å². The molecular formula is C15H15ClN2O2. The van der Waals surface area contributed by atoms with Crippen LogP contribution in [0.5, 0.6) is 0 Å². The predicted molar refractivity (Wildman–Crippen MR) is 76.0 cm³/mol. The number of carbonyl (C=O) groups is 1. The normalized spacial score (nSPS) is 14.2. The molecule has 104 valence electrons. The Labute approximate surface area is 122 Å². The first-order valence-corrected chi connectivity index (χ1v) is 7.09. The lowest BCUT2D eigenvalue weighted by molar-refractivity contribution is 0.0945. The molecule has 2 aromatic rings. The number of halogens is 1. The lowest BCUT2D eigenvalue weighted by Gasteiger charge is -2.03. The van der Waals surface area contributed by atoms with Gasteiger partial charge in [-0.25, -0.2) is 0 Å². The minimum absolute atomic E-state index is 0.192. The largest absolute Gasteiger partial charge is 0.360 e. The third kappa shape index (κ3) is 3.20. The van der Waals surface area contributed by atoms with Crippen molar-refractivity contribution in [3.63, 3.8) is 0 Å². The summed E-state index contributed by atoms with van der Waals surface area (Å²) in [6.45, 7) is 0.546. The smallest absolute Gasteiger partial charge is 0.273 e. The van der Waals surface area contributed by atoms with Crippen LogP contribution in [-0.2, 0) is 6.42 Å². The standard InChI is InChI=1S/C15H15ClN2O2/c16-12-3-1-2-10(8-12)6-7-17-15(19)13-9-14(20-18-13)11-4-5-11/h1-3,8-9,11H,4-7H2,(H,17,19). The second kappa shape index (κ2) is 5.67. The first-order chi connectivity index (χ1) is 9.72. The van der Waals surface area contributed by atoms with Crippen molar-refractivity contribution in [2.75, 3.05) is 6.54 Å². The highest BCUT2D eigenvalue weighted by Gasteiger charge is 2.28. The Morgan fingerprint density at radius 1 is 1.40 bits per heavy atom. The Morgan fingerprint density at radius 2 is 2.25 bits per heavy atom. The first-order valence-electron chi connectivity index (χ1n) is 6.71. The molecule has 1 aliphatic carbocycles. The Morgan fingerprint density at radius 3 is 3.00 bits per heavy atom. The summed E-state index contributed by atoms with van der Waals surface area (Å²) < 4.78 is 5.16. The van der Waals surface area contributed by atoms with E-state index in [0.717, 1.165) is 30.6 Å². The molecule has 0 unspecified atom stereocenters. The fourth-order valence-electron chi connectivity index (χ4n) is 2.06. The minimum Gasteiger partial charge on any atom is -0.360 e. The molecule has 4 nitrogen and oxygen atoms in total. The van der Waals surface area contributed by atoms with Crippen LogP contribution in [0.4, 0.5) is 0 Å². The van der Waals surface area contributed by atoms with E-state index in [0.29, 0.717) is 23.2 Å². The molecule has 0 aliphatic heterocycles. The molecule has 0 bridgehead atoms. The van der Waals surface area contributed by atoms with Gasteiger partial charge in [0.15, 0.2) is 5.69 Å². The van der Waals surface area contributed by atoms with Crippen LogP contribution in [0.25, 0.3) is 0 Å². The first kappa shape index (κ1) is 13.2. The summed E-state index contributed by atoms with van der Waals surface area (Å²) in [5.74, 6) is 1.10. The van der Waals surface area contributed by atoms with Gasteiger partial charge in [0.05, 0.1) is 0 Å². The second-order valence-electron chi connectivity index (χ2n) is 5.02. The summed E-state index contributed by atoms with van der Waals surface area (Å²) in [6, 6.07) is 9.36. The van der Waals surface area contributed by atoms with Crippen molar-refractivity contribution >= 4 is 17.5 Å². The third-order valence-electron chi connectivity index (χ3n) is 3.33. The van der Waals surface area contributed by atoms with Gasteiger partial charge in [-0.2, -0.15) is 0 Å². The van der Waals surface area contributed by atoms with Crippen LogP contribution in [-0.4, -0.2) is 17.6 Å². The number of hydrogen-bond donors (Lipinski definition) is 1. The Balaban J connectivity index is 1.51. The van der Waals surface area contributed by atoms with E-state index in [-0.39, 0.29) is 5.91 Å². The average molecular weight is 291 g/mol. The Bertz CT molecular complexity index is 620. The van der Waals surface area contributed by atoms with Gasteiger partial charge in [-0.1, -0.05) is 28.9 Å². The van der Waals surface area contributed by atoms with E-state index in [1.807, 2.05) is 24.3 Å². The van der Waals surface area contributed by atoms with Crippen molar-refractivity contribution in [1.29, 1.82) is 0 Å². The van der Waals surface area contributed by atoms with Gasteiger partial charge >= 0.3 is 0 Å². The molecule has 1 saturated carbocycles. The molecule has 5 heteroatoms. The van der Waals surface area contributed by atoms with Gasteiger partial charge in [-0.3, -0.25) is 4.79 Å². The molecule has 1 N–H and O–H groups in total.